The Morgan fingerprint density at radius 2 is 2.08 bits per heavy atom. The maximum atomic E-state index is 3.31. The third-order valence-corrected chi connectivity index (χ3v) is 3.18. The summed E-state index contributed by atoms with van der Waals surface area (Å²) in [5, 5.41) is 7.77. The molecule has 0 aliphatic rings. The van der Waals surface area contributed by atoms with Gasteiger partial charge in [0.25, 0.3) is 0 Å². The van der Waals surface area contributed by atoms with E-state index >= 15 is 0 Å². The predicted octanol–water partition coefficient (Wildman–Crippen LogP) is 2.60. The van der Waals surface area contributed by atoms with Crippen LogP contribution in [0.2, 0.25) is 0 Å². The molecule has 1 aromatic heterocycles. The third kappa shape index (κ3) is 2.32. The van der Waals surface area contributed by atoms with Crippen molar-refractivity contribution in [3.63, 3.8) is 0 Å². The summed E-state index contributed by atoms with van der Waals surface area (Å²) in [4.78, 5) is 0. The SMILES string of the molecule is CNC(C)(C)Cc1cscc1C. The van der Waals surface area contributed by atoms with Crippen LogP contribution in [0.3, 0.4) is 0 Å². The minimum absolute atomic E-state index is 0.214. The number of rotatable bonds is 3. The monoisotopic (exact) mass is 183 g/mol. The minimum atomic E-state index is 0.214. The second-order valence-electron chi connectivity index (χ2n) is 3.89. The van der Waals surface area contributed by atoms with Crippen LogP contribution in [0.25, 0.3) is 0 Å². The zero-order valence-electron chi connectivity index (χ0n) is 8.27. The van der Waals surface area contributed by atoms with Gasteiger partial charge in [0.2, 0.25) is 0 Å². The lowest BCUT2D eigenvalue weighted by molar-refractivity contribution is 0.422. The number of hydrogen-bond acceptors (Lipinski definition) is 2. The molecule has 0 atom stereocenters. The molecule has 0 bridgehead atoms. The van der Waals surface area contributed by atoms with E-state index in [0.29, 0.717) is 0 Å². The fourth-order valence-corrected chi connectivity index (χ4v) is 1.99. The van der Waals surface area contributed by atoms with Crippen LogP contribution in [0, 0.1) is 6.92 Å². The zero-order valence-corrected chi connectivity index (χ0v) is 9.09. The van der Waals surface area contributed by atoms with E-state index in [4.69, 9.17) is 0 Å². The van der Waals surface area contributed by atoms with Gasteiger partial charge in [-0.05, 0) is 56.1 Å². The Morgan fingerprint density at radius 1 is 1.42 bits per heavy atom. The second-order valence-corrected chi connectivity index (χ2v) is 4.63. The fraction of sp³-hybridized carbons (Fsp3) is 0.600. The van der Waals surface area contributed by atoms with Crippen molar-refractivity contribution in [2.24, 2.45) is 0 Å². The van der Waals surface area contributed by atoms with Gasteiger partial charge < -0.3 is 5.32 Å². The predicted molar refractivity (Wildman–Crippen MR) is 55.9 cm³/mol. The molecule has 0 aliphatic heterocycles. The van der Waals surface area contributed by atoms with Crippen LogP contribution in [0.5, 0.6) is 0 Å². The van der Waals surface area contributed by atoms with Gasteiger partial charge in [0, 0.05) is 5.54 Å². The summed E-state index contributed by atoms with van der Waals surface area (Å²) >= 11 is 1.79. The van der Waals surface area contributed by atoms with Crippen LogP contribution in [0.4, 0.5) is 0 Å². The first-order chi connectivity index (χ1) is 5.55. The van der Waals surface area contributed by atoms with E-state index in [1.54, 1.807) is 11.3 Å². The van der Waals surface area contributed by atoms with Gasteiger partial charge in [0.1, 0.15) is 0 Å². The van der Waals surface area contributed by atoms with E-state index in [2.05, 4.69) is 36.8 Å². The average molecular weight is 183 g/mol. The minimum Gasteiger partial charge on any atom is -0.314 e. The first kappa shape index (κ1) is 9.75. The number of thiophene rings is 1. The molecule has 2 heteroatoms. The Kier molecular flexibility index (Phi) is 2.91. The van der Waals surface area contributed by atoms with Crippen molar-refractivity contribution in [2.45, 2.75) is 32.7 Å². The Labute approximate surface area is 78.8 Å². The molecule has 1 heterocycles. The molecule has 68 valence electrons. The smallest absolute Gasteiger partial charge is 0.0162 e. The zero-order chi connectivity index (χ0) is 9.19. The molecule has 0 radical (unpaired) electrons. The molecule has 1 nitrogen and oxygen atoms in total. The Morgan fingerprint density at radius 3 is 2.50 bits per heavy atom. The summed E-state index contributed by atoms with van der Waals surface area (Å²) in [6.45, 7) is 6.63. The number of nitrogens with one attached hydrogen (secondary N) is 1. The van der Waals surface area contributed by atoms with Gasteiger partial charge in [0.05, 0.1) is 0 Å². The molecule has 0 aliphatic carbocycles. The topological polar surface area (TPSA) is 12.0 Å². The number of hydrogen-bond donors (Lipinski definition) is 1. The van der Waals surface area contributed by atoms with Gasteiger partial charge in [-0.2, -0.15) is 11.3 Å². The summed E-state index contributed by atoms with van der Waals surface area (Å²) in [5.74, 6) is 0. The Hall–Kier alpha value is -0.340. The first-order valence-electron chi connectivity index (χ1n) is 4.26. The van der Waals surface area contributed by atoms with Crippen LogP contribution < -0.4 is 5.32 Å². The van der Waals surface area contributed by atoms with Crippen molar-refractivity contribution < 1.29 is 0 Å². The van der Waals surface area contributed by atoms with Crippen molar-refractivity contribution >= 4 is 11.3 Å². The largest absolute Gasteiger partial charge is 0.314 e. The van der Waals surface area contributed by atoms with E-state index < -0.39 is 0 Å². The lowest BCUT2D eigenvalue weighted by Gasteiger charge is -2.23. The average Bonchev–Trinajstić information content (AvgIpc) is 2.36. The summed E-state index contributed by atoms with van der Waals surface area (Å²) in [6, 6.07) is 0. The fourth-order valence-electron chi connectivity index (χ4n) is 1.13. The normalized spacial score (nSPS) is 12.0. The van der Waals surface area contributed by atoms with Crippen LogP contribution in [0.1, 0.15) is 25.0 Å². The van der Waals surface area contributed by atoms with E-state index in [1.807, 2.05) is 7.05 Å². The van der Waals surface area contributed by atoms with Crippen molar-refractivity contribution in [2.75, 3.05) is 7.05 Å². The molecule has 1 N–H and O–H groups in total. The van der Waals surface area contributed by atoms with Gasteiger partial charge in [-0.3, -0.25) is 0 Å². The van der Waals surface area contributed by atoms with Gasteiger partial charge in [-0.25, -0.2) is 0 Å². The number of likely N-dealkylation sites (N-methyl/N-ethyl adjacent to an activating group) is 1. The summed E-state index contributed by atoms with van der Waals surface area (Å²) in [7, 11) is 2.02. The van der Waals surface area contributed by atoms with Crippen molar-refractivity contribution in [3.8, 4) is 0 Å². The maximum Gasteiger partial charge on any atom is 0.0162 e. The second kappa shape index (κ2) is 3.58. The summed E-state index contributed by atoms with van der Waals surface area (Å²) in [6.07, 6.45) is 1.11. The third-order valence-electron chi connectivity index (χ3n) is 2.27. The van der Waals surface area contributed by atoms with Gasteiger partial charge in [0.15, 0.2) is 0 Å². The molecule has 0 spiro atoms. The van der Waals surface area contributed by atoms with Crippen LogP contribution >= 0.6 is 11.3 Å². The molecule has 0 saturated carbocycles. The summed E-state index contributed by atoms with van der Waals surface area (Å²) in [5.41, 5.74) is 3.11. The highest BCUT2D eigenvalue weighted by Gasteiger charge is 2.16. The van der Waals surface area contributed by atoms with Crippen molar-refractivity contribution in [1.82, 2.24) is 5.32 Å². The molecule has 1 rings (SSSR count). The molecular weight excluding hydrogens is 166 g/mol. The van der Waals surface area contributed by atoms with E-state index in [9.17, 15) is 0 Å². The highest BCUT2D eigenvalue weighted by molar-refractivity contribution is 7.08. The molecule has 0 fully saturated rings. The highest BCUT2D eigenvalue weighted by Crippen LogP contribution is 2.19. The lowest BCUT2D eigenvalue weighted by atomic mass is 9.95. The Bertz CT molecular complexity index is 250. The van der Waals surface area contributed by atoms with Crippen LogP contribution in [-0.4, -0.2) is 12.6 Å². The van der Waals surface area contributed by atoms with Crippen LogP contribution in [0.15, 0.2) is 10.8 Å². The molecule has 0 amide bonds. The van der Waals surface area contributed by atoms with E-state index in [1.165, 1.54) is 11.1 Å². The molecule has 0 unspecified atom stereocenters. The van der Waals surface area contributed by atoms with Gasteiger partial charge in [-0.1, -0.05) is 0 Å². The highest BCUT2D eigenvalue weighted by atomic mass is 32.1. The molecule has 12 heavy (non-hydrogen) atoms. The molecule has 0 saturated heterocycles. The van der Waals surface area contributed by atoms with Crippen LogP contribution in [-0.2, 0) is 6.42 Å². The maximum absolute atomic E-state index is 3.31. The molecular formula is C10H17NS. The first-order valence-corrected chi connectivity index (χ1v) is 5.20. The standard InChI is InChI=1S/C10H17NS/c1-8-6-12-7-9(8)5-10(2,3)11-4/h6-7,11H,5H2,1-4H3. The lowest BCUT2D eigenvalue weighted by Crippen LogP contribution is -2.38. The molecule has 0 aromatic carbocycles. The molecule has 1 aromatic rings. The van der Waals surface area contributed by atoms with Crippen molar-refractivity contribution in [1.29, 1.82) is 0 Å². The quantitative estimate of drug-likeness (QED) is 0.759. The van der Waals surface area contributed by atoms with Crippen molar-refractivity contribution in [3.05, 3.63) is 21.9 Å². The summed E-state index contributed by atoms with van der Waals surface area (Å²) < 4.78 is 0. The Balaban J connectivity index is 2.70. The van der Waals surface area contributed by atoms with E-state index in [-0.39, 0.29) is 5.54 Å². The number of aryl methyl sites for hydroxylation is 1. The van der Waals surface area contributed by atoms with E-state index in [0.717, 1.165) is 6.42 Å². The van der Waals surface area contributed by atoms with Gasteiger partial charge >= 0.3 is 0 Å². The van der Waals surface area contributed by atoms with Gasteiger partial charge in [-0.15, -0.1) is 0 Å².